The fraction of sp³-hybridized carbons (Fsp3) is 0.917. The van der Waals surface area contributed by atoms with E-state index in [0.29, 0.717) is 6.04 Å². The third-order valence-electron chi connectivity index (χ3n) is 2.86. The van der Waals surface area contributed by atoms with Gasteiger partial charge in [0, 0.05) is 18.0 Å². The van der Waals surface area contributed by atoms with Crippen LogP contribution in [0.4, 0.5) is 0 Å². The lowest BCUT2D eigenvalue weighted by Crippen LogP contribution is -2.46. The fourth-order valence-corrected chi connectivity index (χ4v) is 1.47. The fourth-order valence-electron chi connectivity index (χ4n) is 1.47. The van der Waals surface area contributed by atoms with Crippen LogP contribution in [0.25, 0.3) is 0 Å². The van der Waals surface area contributed by atoms with Crippen LogP contribution in [0.1, 0.15) is 34.1 Å². The van der Waals surface area contributed by atoms with E-state index in [2.05, 4.69) is 43.3 Å². The van der Waals surface area contributed by atoms with E-state index in [1.54, 1.807) is 0 Å². The molecule has 4 nitrogen and oxygen atoms in total. The number of hydrogen-bond donors (Lipinski definition) is 2. The first-order valence-electron chi connectivity index (χ1n) is 6.22. The Morgan fingerprint density at radius 1 is 1.44 bits per heavy atom. The van der Waals surface area contributed by atoms with Gasteiger partial charge in [-0.1, -0.05) is 13.8 Å². The van der Waals surface area contributed by atoms with Crippen LogP contribution in [0.3, 0.4) is 0 Å². The molecule has 1 rings (SSSR count). The maximum absolute atomic E-state index is 5.22. The Kier molecular flexibility index (Phi) is 5.06. The molecule has 1 heterocycles. The summed E-state index contributed by atoms with van der Waals surface area (Å²) in [4.78, 5) is 4.61. The van der Waals surface area contributed by atoms with E-state index >= 15 is 0 Å². The molecular weight excluding hydrogens is 202 g/mol. The maximum Gasteiger partial charge on any atom is 0.191 e. The highest BCUT2D eigenvalue weighted by atomic mass is 16.5. The maximum atomic E-state index is 5.22. The van der Waals surface area contributed by atoms with Gasteiger partial charge in [0.05, 0.1) is 19.8 Å². The lowest BCUT2D eigenvalue weighted by Gasteiger charge is -2.36. The van der Waals surface area contributed by atoms with E-state index in [1.165, 1.54) is 0 Å². The van der Waals surface area contributed by atoms with Gasteiger partial charge in [0.25, 0.3) is 0 Å². The van der Waals surface area contributed by atoms with Crippen molar-refractivity contribution >= 4 is 5.96 Å². The van der Waals surface area contributed by atoms with Gasteiger partial charge in [-0.2, -0.15) is 0 Å². The van der Waals surface area contributed by atoms with Crippen molar-refractivity contribution in [1.29, 1.82) is 0 Å². The summed E-state index contributed by atoms with van der Waals surface area (Å²) < 4.78 is 5.22. The van der Waals surface area contributed by atoms with Crippen LogP contribution in [0.15, 0.2) is 4.99 Å². The Labute approximate surface area is 98.9 Å². The zero-order valence-electron chi connectivity index (χ0n) is 11.0. The molecule has 1 aliphatic rings. The van der Waals surface area contributed by atoms with Gasteiger partial charge >= 0.3 is 0 Å². The van der Waals surface area contributed by atoms with Gasteiger partial charge in [0.15, 0.2) is 5.96 Å². The van der Waals surface area contributed by atoms with Crippen molar-refractivity contribution in [2.45, 2.75) is 40.2 Å². The molecule has 0 amide bonds. The highest BCUT2D eigenvalue weighted by molar-refractivity contribution is 5.80. The number of aliphatic imine (C=N–C) groups is 1. The Balaban J connectivity index is 2.44. The summed E-state index contributed by atoms with van der Waals surface area (Å²) in [5.74, 6) is 0.921. The van der Waals surface area contributed by atoms with E-state index in [4.69, 9.17) is 4.74 Å². The van der Waals surface area contributed by atoms with Gasteiger partial charge in [-0.05, 0) is 20.3 Å². The number of nitrogens with one attached hydrogen (secondary N) is 2. The first-order chi connectivity index (χ1) is 7.59. The molecule has 1 atom stereocenters. The molecule has 16 heavy (non-hydrogen) atoms. The van der Waals surface area contributed by atoms with E-state index in [9.17, 15) is 0 Å². The molecule has 0 aliphatic carbocycles. The van der Waals surface area contributed by atoms with Crippen LogP contribution in [0.2, 0.25) is 0 Å². The smallest absolute Gasteiger partial charge is 0.191 e. The summed E-state index contributed by atoms with van der Waals surface area (Å²) in [6, 6.07) is 0.461. The third-order valence-corrected chi connectivity index (χ3v) is 2.86. The molecule has 1 saturated heterocycles. The van der Waals surface area contributed by atoms with Gasteiger partial charge < -0.3 is 15.4 Å². The molecule has 1 unspecified atom stereocenters. The second-order valence-corrected chi connectivity index (χ2v) is 4.95. The number of nitrogens with zero attached hydrogens (tertiary/aromatic N) is 1. The normalized spacial score (nSPS) is 21.1. The molecule has 4 heteroatoms. The van der Waals surface area contributed by atoms with Gasteiger partial charge in [-0.15, -0.1) is 0 Å². The highest BCUT2D eigenvalue weighted by Gasteiger charge is 2.33. The third kappa shape index (κ3) is 4.00. The second kappa shape index (κ2) is 6.09. The van der Waals surface area contributed by atoms with Crippen molar-refractivity contribution in [3.63, 3.8) is 0 Å². The summed E-state index contributed by atoms with van der Waals surface area (Å²) >= 11 is 0. The van der Waals surface area contributed by atoms with Crippen LogP contribution in [0.5, 0.6) is 0 Å². The van der Waals surface area contributed by atoms with Crippen LogP contribution in [0, 0.1) is 5.41 Å². The predicted octanol–water partition coefficient (Wildman–Crippen LogP) is 1.38. The lowest BCUT2D eigenvalue weighted by molar-refractivity contribution is -0.0945. The summed E-state index contributed by atoms with van der Waals surface area (Å²) in [6.07, 6.45) is 1.10. The summed E-state index contributed by atoms with van der Waals surface area (Å²) in [5, 5.41) is 6.65. The molecule has 1 fully saturated rings. The molecular formula is C12H25N3O. The first-order valence-corrected chi connectivity index (χ1v) is 6.22. The lowest BCUT2D eigenvalue weighted by atomic mass is 9.89. The monoisotopic (exact) mass is 227 g/mol. The Bertz CT molecular complexity index is 236. The minimum atomic E-state index is 0.248. The van der Waals surface area contributed by atoms with Crippen LogP contribution in [-0.2, 0) is 4.74 Å². The quantitative estimate of drug-likeness (QED) is 0.551. The molecule has 2 N–H and O–H groups in total. The van der Waals surface area contributed by atoms with Gasteiger partial charge in [-0.25, -0.2) is 0 Å². The van der Waals surface area contributed by atoms with Gasteiger partial charge in [0.1, 0.15) is 0 Å². The molecule has 0 saturated carbocycles. The number of hydrogen-bond acceptors (Lipinski definition) is 2. The Morgan fingerprint density at radius 2 is 2.12 bits per heavy atom. The zero-order chi connectivity index (χ0) is 12.0. The minimum absolute atomic E-state index is 0.248. The summed E-state index contributed by atoms with van der Waals surface area (Å²) in [5.41, 5.74) is 0.248. The average molecular weight is 227 g/mol. The summed E-state index contributed by atoms with van der Waals surface area (Å²) in [6.45, 7) is 12.0. The van der Waals surface area contributed by atoms with Crippen molar-refractivity contribution in [2.75, 3.05) is 26.3 Å². The topological polar surface area (TPSA) is 45.7 Å². The standard InChI is InChI=1S/C12H25N3O/c1-5-10(3)15-11(13-6-2)14-7-12(4)8-16-9-12/h10H,5-9H2,1-4H3,(H2,13,14,15). The number of guanidine groups is 1. The molecule has 0 aromatic carbocycles. The molecule has 0 aromatic rings. The number of rotatable bonds is 5. The average Bonchev–Trinajstić information content (AvgIpc) is 2.23. The zero-order valence-corrected chi connectivity index (χ0v) is 11.0. The van der Waals surface area contributed by atoms with E-state index in [-0.39, 0.29) is 5.41 Å². The van der Waals surface area contributed by atoms with Gasteiger partial charge in [0.2, 0.25) is 0 Å². The van der Waals surface area contributed by atoms with Gasteiger partial charge in [-0.3, -0.25) is 4.99 Å². The SMILES string of the molecule is CCNC(=NCC1(C)COC1)NC(C)CC. The van der Waals surface area contributed by atoms with Crippen molar-refractivity contribution in [1.82, 2.24) is 10.6 Å². The van der Waals surface area contributed by atoms with E-state index in [0.717, 1.165) is 38.7 Å². The van der Waals surface area contributed by atoms with E-state index in [1.807, 2.05) is 0 Å². The Hall–Kier alpha value is -0.770. The minimum Gasteiger partial charge on any atom is -0.380 e. The molecule has 0 spiro atoms. The number of ether oxygens (including phenoxy) is 1. The first kappa shape index (κ1) is 13.3. The van der Waals surface area contributed by atoms with Crippen LogP contribution < -0.4 is 10.6 Å². The largest absolute Gasteiger partial charge is 0.380 e. The van der Waals surface area contributed by atoms with Crippen molar-refractivity contribution < 1.29 is 4.74 Å². The molecule has 0 bridgehead atoms. The Morgan fingerprint density at radius 3 is 2.56 bits per heavy atom. The second-order valence-electron chi connectivity index (χ2n) is 4.95. The predicted molar refractivity (Wildman–Crippen MR) is 67.8 cm³/mol. The molecule has 1 aliphatic heterocycles. The van der Waals surface area contributed by atoms with Crippen molar-refractivity contribution in [3.8, 4) is 0 Å². The van der Waals surface area contributed by atoms with Crippen molar-refractivity contribution in [2.24, 2.45) is 10.4 Å². The van der Waals surface area contributed by atoms with Crippen LogP contribution in [-0.4, -0.2) is 38.3 Å². The molecule has 0 radical (unpaired) electrons. The van der Waals surface area contributed by atoms with Crippen molar-refractivity contribution in [3.05, 3.63) is 0 Å². The highest BCUT2D eigenvalue weighted by Crippen LogP contribution is 2.26. The van der Waals surface area contributed by atoms with E-state index < -0.39 is 0 Å². The summed E-state index contributed by atoms with van der Waals surface area (Å²) in [7, 11) is 0. The molecule has 0 aromatic heterocycles. The molecule has 94 valence electrons. The van der Waals surface area contributed by atoms with Crippen LogP contribution >= 0.6 is 0 Å².